The summed E-state index contributed by atoms with van der Waals surface area (Å²) in [6.45, 7) is 0. The Bertz CT molecular complexity index is 818. The Hall–Kier alpha value is -2.77. The third-order valence-corrected chi connectivity index (χ3v) is 3.66. The second kappa shape index (κ2) is 7.42. The third-order valence-electron chi connectivity index (χ3n) is 3.41. The number of hydrogen-bond donors (Lipinski definition) is 1. The van der Waals surface area contributed by atoms with Gasteiger partial charge in [0, 0.05) is 22.0 Å². The summed E-state index contributed by atoms with van der Waals surface area (Å²) in [5.41, 5.74) is 7.81. The van der Waals surface area contributed by atoms with E-state index in [1.165, 1.54) is 30.3 Å². The van der Waals surface area contributed by atoms with Gasteiger partial charge in [0.25, 0.3) is 0 Å². The van der Waals surface area contributed by atoms with E-state index >= 15 is 0 Å². The molecule has 6 nitrogen and oxygen atoms in total. The number of benzene rings is 1. The first-order valence-electron chi connectivity index (χ1n) is 6.79. The number of rotatable bonds is 5. The van der Waals surface area contributed by atoms with Gasteiger partial charge in [-0.1, -0.05) is 28.8 Å². The van der Waals surface area contributed by atoms with Gasteiger partial charge in [0.2, 0.25) is 0 Å². The lowest BCUT2D eigenvalue weighted by Crippen LogP contribution is -2.27. The summed E-state index contributed by atoms with van der Waals surface area (Å²) in [5, 5.41) is 13.0. The van der Waals surface area contributed by atoms with E-state index < -0.39 is 29.8 Å². The topological polar surface area (TPSA) is 99.0 Å². The van der Waals surface area contributed by atoms with Crippen LogP contribution in [0, 0.1) is 0 Å². The number of aromatic nitrogens is 1. The van der Waals surface area contributed by atoms with Gasteiger partial charge in [-0.05, 0) is 40.9 Å². The number of nitrogens with zero attached hydrogens (tertiary/aromatic N) is 4. The molecule has 0 amide bonds. The van der Waals surface area contributed by atoms with Crippen molar-refractivity contribution < 1.29 is 23.1 Å². The number of halogens is 4. The lowest BCUT2D eigenvalue weighted by Gasteiger charge is -2.22. The average Bonchev–Trinajstić information content (AvgIpc) is 2.55. The number of carboxylic acids is 1. The minimum Gasteiger partial charge on any atom is -0.481 e. The first kappa shape index (κ1) is 18.6. The summed E-state index contributed by atoms with van der Waals surface area (Å²) >= 11 is 5.79. The van der Waals surface area contributed by atoms with Gasteiger partial charge in [0.15, 0.2) is 0 Å². The summed E-state index contributed by atoms with van der Waals surface area (Å²) in [7, 11) is 0. The number of azide groups is 1. The van der Waals surface area contributed by atoms with Gasteiger partial charge in [-0.3, -0.25) is 9.78 Å². The Balaban J connectivity index is 2.64. The number of carbonyl (C=O) groups is 1. The molecular weight excluding hydrogens is 361 g/mol. The van der Waals surface area contributed by atoms with Crippen LogP contribution in [0.2, 0.25) is 5.02 Å². The molecule has 0 saturated carbocycles. The van der Waals surface area contributed by atoms with Crippen molar-refractivity contribution >= 4 is 17.6 Å². The first-order chi connectivity index (χ1) is 11.7. The summed E-state index contributed by atoms with van der Waals surface area (Å²) in [6.07, 6.45) is -3.77. The zero-order valence-electron chi connectivity index (χ0n) is 12.4. The fraction of sp³-hybridized carbons (Fsp3) is 0.200. The van der Waals surface area contributed by atoms with Crippen LogP contribution in [0.3, 0.4) is 0 Å². The van der Waals surface area contributed by atoms with E-state index in [0.717, 1.165) is 12.3 Å². The van der Waals surface area contributed by atoms with Crippen LogP contribution >= 0.6 is 11.6 Å². The van der Waals surface area contributed by atoms with Crippen molar-refractivity contribution in [3.8, 4) is 0 Å². The highest BCUT2D eigenvalue weighted by atomic mass is 35.5. The molecule has 0 unspecified atom stereocenters. The molecule has 0 spiro atoms. The summed E-state index contributed by atoms with van der Waals surface area (Å²) in [4.78, 5) is 17.2. The van der Waals surface area contributed by atoms with Crippen LogP contribution in [0.25, 0.3) is 10.4 Å². The van der Waals surface area contributed by atoms with Crippen molar-refractivity contribution in [1.29, 1.82) is 0 Å². The molecule has 10 heteroatoms. The molecule has 1 aromatic carbocycles. The average molecular weight is 371 g/mol. The van der Waals surface area contributed by atoms with Crippen LogP contribution in [0.1, 0.15) is 22.7 Å². The van der Waals surface area contributed by atoms with Crippen LogP contribution in [0.4, 0.5) is 13.2 Å². The molecular formula is C15H10ClF3N4O2. The standard InChI is InChI=1S/C15H10ClF3N4O2/c16-10-3-1-8(2-4-10)12(13(14(24)25)22-23-20)9-5-6-21-11(7-9)15(17,18)19/h1-7,12-13H,(H,24,25)/t12-,13-/m0/s1. The molecule has 0 aliphatic heterocycles. The van der Waals surface area contributed by atoms with E-state index in [9.17, 15) is 23.1 Å². The van der Waals surface area contributed by atoms with E-state index in [2.05, 4.69) is 15.0 Å². The molecule has 130 valence electrons. The smallest absolute Gasteiger partial charge is 0.433 e. The molecule has 2 aromatic rings. The number of carboxylic acid groups (broad SMARTS) is 1. The quantitative estimate of drug-likeness (QED) is 0.471. The van der Waals surface area contributed by atoms with Gasteiger partial charge < -0.3 is 5.11 Å². The Labute approximate surface area is 144 Å². The van der Waals surface area contributed by atoms with Gasteiger partial charge in [0.1, 0.15) is 11.7 Å². The third kappa shape index (κ3) is 4.40. The second-order valence-electron chi connectivity index (χ2n) is 4.99. The van der Waals surface area contributed by atoms with Crippen molar-refractivity contribution in [2.75, 3.05) is 0 Å². The second-order valence-corrected chi connectivity index (χ2v) is 5.43. The summed E-state index contributed by atoms with van der Waals surface area (Å²) in [6, 6.07) is 6.19. The van der Waals surface area contributed by atoms with Crippen LogP contribution < -0.4 is 0 Å². The number of alkyl halides is 3. The molecule has 1 heterocycles. The minimum absolute atomic E-state index is 0.00412. The lowest BCUT2D eigenvalue weighted by atomic mass is 9.85. The van der Waals surface area contributed by atoms with Crippen LogP contribution in [0.15, 0.2) is 47.7 Å². The van der Waals surface area contributed by atoms with E-state index in [1.54, 1.807) is 0 Å². The van der Waals surface area contributed by atoms with Crippen LogP contribution in [-0.4, -0.2) is 22.1 Å². The van der Waals surface area contributed by atoms with Crippen molar-refractivity contribution in [2.45, 2.75) is 18.1 Å². The molecule has 0 fully saturated rings. The van der Waals surface area contributed by atoms with Gasteiger partial charge in [0.05, 0.1) is 0 Å². The molecule has 0 aliphatic rings. The minimum atomic E-state index is -4.70. The fourth-order valence-corrected chi connectivity index (χ4v) is 2.46. The van der Waals surface area contributed by atoms with Crippen molar-refractivity contribution in [2.24, 2.45) is 5.11 Å². The zero-order chi connectivity index (χ0) is 18.6. The largest absolute Gasteiger partial charge is 0.481 e. The van der Waals surface area contributed by atoms with Gasteiger partial charge >= 0.3 is 12.1 Å². The molecule has 0 saturated heterocycles. The maximum atomic E-state index is 12.9. The van der Waals surface area contributed by atoms with Crippen molar-refractivity contribution in [3.05, 3.63) is 74.9 Å². The van der Waals surface area contributed by atoms with Crippen LogP contribution in [-0.2, 0) is 11.0 Å². The van der Waals surface area contributed by atoms with Gasteiger partial charge in [-0.25, -0.2) is 0 Å². The Morgan fingerprint density at radius 1 is 1.24 bits per heavy atom. The monoisotopic (exact) mass is 370 g/mol. The fourth-order valence-electron chi connectivity index (χ4n) is 2.34. The summed E-state index contributed by atoms with van der Waals surface area (Å²) < 4.78 is 38.7. The molecule has 1 aromatic heterocycles. The van der Waals surface area contributed by atoms with E-state index in [1.807, 2.05) is 0 Å². The first-order valence-corrected chi connectivity index (χ1v) is 7.17. The van der Waals surface area contributed by atoms with Gasteiger partial charge in [-0.15, -0.1) is 0 Å². The molecule has 0 radical (unpaired) electrons. The van der Waals surface area contributed by atoms with Gasteiger partial charge in [-0.2, -0.15) is 13.2 Å². The van der Waals surface area contributed by atoms with Crippen LogP contribution in [0.5, 0.6) is 0 Å². The number of pyridine rings is 1. The predicted molar refractivity (Wildman–Crippen MR) is 83.1 cm³/mol. The highest BCUT2D eigenvalue weighted by molar-refractivity contribution is 6.30. The lowest BCUT2D eigenvalue weighted by molar-refractivity contribution is -0.141. The molecule has 0 aliphatic carbocycles. The molecule has 0 bridgehead atoms. The predicted octanol–water partition coefficient (Wildman–Crippen LogP) is 4.65. The number of hydrogen-bond acceptors (Lipinski definition) is 3. The van der Waals surface area contributed by atoms with E-state index in [0.29, 0.717) is 10.6 Å². The highest BCUT2D eigenvalue weighted by Crippen LogP contribution is 2.34. The van der Waals surface area contributed by atoms with Crippen molar-refractivity contribution in [1.82, 2.24) is 4.98 Å². The highest BCUT2D eigenvalue weighted by Gasteiger charge is 2.35. The maximum Gasteiger partial charge on any atom is 0.433 e. The maximum absolute atomic E-state index is 12.9. The summed E-state index contributed by atoms with van der Waals surface area (Å²) in [5.74, 6) is -2.61. The normalized spacial score (nSPS) is 13.6. The zero-order valence-corrected chi connectivity index (χ0v) is 13.1. The molecule has 25 heavy (non-hydrogen) atoms. The molecule has 2 atom stereocenters. The number of aliphatic carboxylic acids is 1. The Morgan fingerprint density at radius 2 is 1.88 bits per heavy atom. The Morgan fingerprint density at radius 3 is 2.40 bits per heavy atom. The molecule has 2 rings (SSSR count). The SMILES string of the molecule is [N-]=[N+]=N[C@H](C(=O)O)[C@@H](c1ccc(Cl)cc1)c1ccnc(C(F)(F)F)c1. The van der Waals surface area contributed by atoms with Crippen molar-refractivity contribution in [3.63, 3.8) is 0 Å². The van der Waals surface area contributed by atoms with E-state index in [-0.39, 0.29) is 5.56 Å². The Kier molecular flexibility index (Phi) is 5.51. The van der Waals surface area contributed by atoms with E-state index in [4.69, 9.17) is 17.1 Å². The molecule has 1 N–H and O–H groups in total.